The van der Waals surface area contributed by atoms with Gasteiger partial charge in [0.1, 0.15) is 11.3 Å². The Morgan fingerprint density at radius 3 is 2.70 bits per heavy atom. The molecule has 0 bridgehead atoms. The first-order valence-corrected chi connectivity index (χ1v) is 6.51. The molecule has 0 aliphatic carbocycles. The van der Waals surface area contributed by atoms with E-state index in [2.05, 4.69) is 0 Å². The highest BCUT2D eigenvalue weighted by Crippen LogP contribution is 2.21. The van der Waals surface area contributed by atoms with Gasteiger partial charge in [-0.3, -0.25) is 0 Å². The van der Waals surface area contributed by atoms with E-state index in [-0.39, 0.29) is 0 Å². The van der Waals surface area contributed by atoms with Crippen LogP contribution in [0.5, 0.6) is 5.75 Å². The van der Waals surface area contributed by atoms with Crippen LogP contribution in [0, 0.1) is 0 Å². The number of carbonyl (C=O) groups is 1. The largest absolute Gasteiger partial charge is 0.479 e. The summed E-state index contributed by atoms with van der Waals surface area (Å²) >= 11 is 0. The van der Waals surface area contributed by atoms with E-state index in [0.29, 0.717) is 24.4 Å². The van der Waals surface area contributed by atoms with Gasteiger partial charge in [0.2, 0.25) is 0 Å². The molecule has 0 N–H and O–H groups in total. The Balaban J connectivity index is 2.24. The fourth-order valence-corrected chi connectivity index (χ4v) is 1.81. The van der Waals surface area contributed by atoms with Crippen LogP contribution in [0.25, 0.3) is 11.0 Å². The predicted octanol–water partition coefficient (Wildman–Crippen LogP) is 2.51. The fraction of sp³-hybridized carbons (Fsp3) is 0.333. The van der Waals surface area contributed by atoms with Crippen molar-refractivity contribution in [1.82, 2.24) is 0 Å². The van der Waals surface area contributed by atoms with Gasteiger partial charge in [-0.25, -0.2) is 9.59 Å². The minimum Gasteiger partial charge on any atom is -0.479 e. The quantitative estimate of drug-likeness (QED) is 0.620. The monoisotopic (exact) mass is 276 g/mol. The maximum absolute atomic E-state index is 11.7. The van der Waals surface area contributed by atoms with Gasteiger partial charge >= 0.3 is 11.6 Å². The topological polar surface area (TPSA) is 65.7 Å². The van der Waals surface area contributed by atoms with Gasteiger partial charge in [0.05, 0.1) is 6.61 Å². The van der Waals surface area contributed by atoms with Gasteiger partial charge < -0.3 is 13.9 Å². The molecule has 2 rings (SSSR count). The van der Waals surface area contributed by atoms with Crippen molar-refractivity contribution < 1.29 is 18.7 Å². The average Bonchev–Trinajstić information content (AvgIpc) is 2.44. The van der Waals surface area contributed by atoms with Crippen LogP contribution in [0.4, 0.5) is 0 Å². The fourth-order valence-electron chi connectivity index (χ4n) is 1.81. The maximum atomic E-state index is 11.7. The van der Waals surface area contributed by atoms with Crippen LogP contribution in [-0.2, 0) is 9.53 Å². The number of hydrogen-bond donors (Lipinski definition) is 0. The molecule has 0 aliphatic heterocycles. The number of hydrogen-bond acceptors (Lipinski definition) is 5. The Morgan fingerprint density at radius 2 is 2.00 bits per heavy atom. The Hall–Kier alpha value is -2.30. The van der Waals surface area contributed by atoms with E-state index >= 15 is 0 Å². The zero-order valence-corrected chi connectivity index (χ0v) is 11.4. The Kier molecular flexibility index (Phi) is 4.40. The first-order chi connectivity index (χ1) is 9.63. The van der Waals surface area contributed by atoms with E-state index in [1.165, 1.54) is 6.07 Å². The molecule has 0 unspecified atom stereocenters. The predicted molar refractivity (Wildman–Crippen MR) is 73.8 cm³/mol. The van der Waals surface area contributed by atoms with Crippen molar-refractivity contribution in [2.75, 3.05) is 6.61 Å². The summed E-state index contributed by atoms with van der Waals surface area (Å²) in [4.78, 5) is 22.9. The van der Waals surface area contributed by atoms with Crippen LogP contribution in [0.1, 0.15) is 20.3 Å². The molecular formula is C15H16O5. The highest BCUT2D eigenvalue weighted by atomic mass is 16.6. The number of ether oxygens (including phenoxy) is 2. The van der Waals surface area contributed by atoms with E-state index in [1.807, 2.05) is 6.92 Å². The third kappa shape index (κ3) is 3.17. The lowest BCUT2D eigenvalue weighted by Crippen LogP contribution is -2.28. The Morgan fingerprint density at radius 1 is 1.25 bits per heavy atom. The van der Waals surface area contributed by atoms with Gasteiger partial charge in [-0.2, -0.15) is 0 Å². The van der Waals surface area contributed by atoms with Gasteiger partial charge in [-0.1, -0.05) is 6.92 Å². The molecule has 20 heavy (non-hydrogen) atoms. The van der Waals surface area contributed by atoms with Gasteiger partial charge in [0.15, 0.2) is 6.10 Å². The van der Waals surface area contributed by atoms with E-state index in [1.54, 1.807) is 31.2 Å². The second-order valence-electron chi connectivity index (χ2n) is 4.22. The molecule has 5 nitrogen and oxygen atoms in total. The van der Waals surface area contributed by atoms with Crippen LogP contribution < -0.4 is 10.4 Å². The summed E-state index contributed by atoms with van der Waals surface area (Å²) in [6.45, 7) is 3.89. The highest BCUT2D eigenvalue weighted by molar-refractivity contribution is 5.78. The third-order valence-corrected chi connectivity index (χ3v) is 2.79. The van der Waals surface area contributed by atoms with Crippen molar-refractivity contribution >= 4 is 16.9 Å². The number of fused-ring (bicyclic) bond motifs is 1. The van der Waals surface area contributed by atoms with E-state index in [9.17, 15) is 9.59 Å². The smallest absolute Gasteiger partial charge is 0.347 e. The normalized spacial score (nSPS) is 12.1. The number of carbonyl (C=O) groups excluding carboxylic acids is 1. The van der Waals surface area contributed by atoms with E-state index < -0.39 is 17.7 Å². The first kappa shape index (κ1) is 14.1. The third-order valence-electron chi connectivity index (χ3n) is 2.79. The average molecular weight is 276 g/mol. The zero-order valence-electron chi connectivity index (χ0n) is 11.4. The summed E-state index contributed by atoms with van der Waals surface area (Å²) in [5.41, 5.74) is 0.000737. The van der Waals surface area contributed by atoms with Crippen LogP contribution >= 0.6 is 0 Å². The minimum atomic E-state index is -0.664. The molecule has 1 aromatic carbocycles. The molecule has 106 valence electrons. The van der Waals surface area contributed by atoms with Crippen molar-refractivity contribution in [3.63, 3.8) is 0 Å². The second-order valence-corrected chi connectivity index (χ2v) is 4.22. The van der Waals surface area contributed by atoms with Gasteiger partial charge in [-0.15, -0.1) is 0 Å². The van der Waals surface area contributed by atoms with E-state index in [4.69, 9.17) is 13.9 Å². The molecule has 0 spiro atoms. The first-order valence-electron chi connectivity index (χ1n) is 6.51. The molecule has 0 saturated heterocycles. The Bertz CT molecular complexity index is 659. The minimum absolute atomic E-state index is 0.311. The number of rotatable bonds is 5. The second kappa shape index (κ2) is 6.23. The molecule has 0 fully saturated rings. The van der Waals surface area contributed by atoms with Crippen molar-refractivity contribution in [3.8, 4) is 5.75 Å². The molecule has 5 heteroatoms. The summed E-state index contributed by atoms with van der Waals surface area (Å²) in [7, 11) is 0. The molecule has 0 radical (unpaired) electrons. The Labute approximate surface area is 116 Å². The van der Waals surface area contributed by atoms with Crippen molar-refractivity contribution in [1.29, 1.82) is 0 Å². The molecule has 0 saturated carbocycles. The lowest BCUT2D eigenvalue weighted by molar-refractivity contribution is -0.151. The number of benzene rings is 1. The van der Waals surface area contributed by atoms with Crippen molar-refractivity contribution in [2.24, 2.45) is 0 Å². The van der Waals surface area contributed by atoms with Crippen LogP contribution in [-0.4, -0.2) is 18.7 Å². The maximum Gasteiger partial charge on any atom is 0.347 e. The van der Waals surface area contributed by atoms with Crippen molar-refractivity contribution in [2.45, 2.75) is 26.4 Å². The van der Waals surface area contributed by atoms with Crippen LogP contribution in [0.15, 0.2) is 39.5 Å². The highest BCUT2D eigenvalue weighted by Gasteiger charge is 2.19. The van der Waals surface area contributed by atoms with Crippen LogP contribution in [0.3, 0.4) is 0 Å². The summed E-state index contributed by atoms with van der Waals surface area (Å²) in [6, 6.07) is 8.12. The van der Waals surface area contributed by atoms with E-state index in [0.717, 1.165) is 5.39 Å². The molecule has 1 atom stereocenters. The van der Waals surface area contributed by atoms with Gasteiger partial charge in [0.25, 0.3) is 0 Å². The van der Waals surface area contributed by atoms with Crippen LogP contribution in [0.2, 0.25) is 0 Å². The molecule has 2 aromatic rings. The SMILES string of the molecule is CCOC(=O)[C@H](CC)Oc1ccc2ccc(=O)oc2c1. The molecule has 1 aromatic heterocycles. The lowest BCUT2D eigenvalue weighted by atomic mass is 10.2. The number of esters is 1. The van der Waals surface area contributed by atoms with Gasteiger partial charge in [0, 0.05) is 17.5 Å². The summed E-state index contributed by atoms with van der Waals surface area (Å²) in [5.74, 6) is 0.0661. The lowest BCUT2D eigenvalue weighted by Gasteiger charge is -2.16. The summed E-state index contributed by atoms with van der Waals surface area (Å²) in [6.07, 6.45) is -0.168. The molecule has 0 amide bonds. The summed E-state index contributed by atoms with van der Waals surface area (Å²) in [5, 5.41) is 0.793. The molecule has 0 aliphatic rings. The molecular weight excluding hydrogens is 260 g/mol. The zero-order chi connectivity index (χ0) is 14.5. The molecule has 1 heterocycles. The van der Waals surface area contributed by atoms with Crippen molar-refractivity contribution in [3.05, 3.63) is 40.8 Å². The van der Waals surface area contributed by atoms with Gasteiger partial charge in [-0.05, 0) is 31.5 Å². The summed E-state index contributed by atoms with van der Waals surface area (Å²) < 4.78 is 15.6. The standard InChI is InChI=1S/C15H16O5/c1-3-12(15(17)18-4-2)19-11-7-5-10-6-8-14(16)20-13(10)9-11/h5-9,12H,3-4H2,1-2H3/t12-/m0/s1.